The van der Waals surface area contributed by atoms with Crippen molar-refractivity contribution in [3.8, 4) is 0 Å². The zero-order valence-corrected chi connectivity index (χ0v) is 8.62. The number of anilines is 1. The lowest BCUT2D eigenvalue weighted by Gasteiger charge is -2.04. The highest BCUT2D eigenvalue weighted by atomic mass is 16.2. The molecule has 0 radical (unpaired) electrons. The minimum atomic E-state index is -0.289. The Labute approximate surface area is 88.5 Å². The molecule has 0 saturated heterocycles. The van der Waals surface area contributed by atoms with E-state index in [1.807, 2.05) is 12.1 Å². The van der Waals surface area contributed by atoms with Crippen LogP contribution >= 0.6 is 0 Å². The van der Waals surface area contributed by atoms with E-state index in [0.717, 1.165) is 5.56 Å². The first kappa shape index (κ1) is 11.4. The van der Waals surface area contributed by atoms with Crippen LogP contribution in [0.15, 0.2) is 24.3 Å². The van der Waals surface area contributed by atoms with Crippen molar-refractivity contribution in [1.82, 2.24) is 0 Å². The number of hydrogen-bond acceptors (Lipinski definition) is 3. The van der Waals surface area contributed by atoms with Gasteiger partial charge >= 0.3 is 0 Å². The van der Waals surface area contributed by atoms with Gasteiger partial charge < -0.3 is 11.1 Å². The van der Waals surface area contributed by atoms with Crippen LogP contribution in [-0.4, -0.2) is 11.7 Å². The van der Waals surface area contributed by atoms with Crippen LogP contribution in [-0.2, 0) is 16.1 Å². The summed E-state index contributed by atoms with van der Waals surface area (Å²) in [6, 6.07) is 7.20. The molecule has 80 valence electrons. The number of nitrogens with one attached hydrogen (secondary N) is 1. The molecule has 0 heterocycles. The molecule has 1 rings (SSSR count). The van der Waals surface area contributed by atoms with Crippen molar-refractivity contribution in [3.63, 3.8) is 0 Å². The van der Waals surface area contributed by atoms with Crippen molar-refractivity contribution < 1.29 is 9.59 Å². The third kappa shape index (κ3) is 3.91. The maximum Gasteiger partial charge on any atom is 0.231 e. The molecule has 0 saturated carbocycles. The zero-order chi connectivity index (χ0) is 11.3. The minimum absolute atomic E-state index is 0.0847. The average Bonchev–Trinajstić information content (AvgIpc) is 2.17. The number of carbonyl (C=O) groups is 2. The molecule has 15 heavy (non-hydrogen) atoms. The fraction of sp³-hybridized carbons (Fsp3) is 0.273. The number of hydrogen-bond donors (Lipinski definition) is 2. The van der Waals surface area contributed by atoms with E-state index in [1.165, 1.54) is 6.92 Å². The standard InChI is InChI=1S/C11H14N2O2/c1-8(14)6-11(15)13-10-4-2-9(7-12)3-5-10/h2-5H,6-7,12H2,1H3,(H,13,15). The SMILES string of the molecule is CC(=O)CC(=O)Nc1ccc(CN)cc1. The van der Waals surface area contributed by atoms with Gasteiger partial charge in [-0.2, -0.15) is 0 Å². The highest BCUT2D eigenvalue weighted by molar-refractivity contribution is 6.03. The molecule has 0 atom stereocenters. The summed E-state index contributed by atoms with van der Waals surface area (Å²) >= 11 is 0. The summed E-state index contributed by atoms with van der Waals surface area (Å²) in [6.07, 6.45) is -0.0847. The third-order valence-electron chi connectivity index (χ3n) is 1.88. The Hall–Kier alpha value is -1.68. The van der Waals surface area contributed by atoms with Crippen LogP contribution in [0, 0.1) is 0 Å². The van der Waals surface area contributed by atoms with E-state index in [4.69, 9.17) is 5.73 Å². The molecule has 0 aromatic heterocycles. The normalized spacial score (nSPS) is 9.73. The Kier molecular flexibility index (Phi) is 4.00. The van der Waals surface area contributed by atoms with Gasteiger partial charge in [-0.1, -0.05) is 12.1 Å². The number of benzene rings is 1. The van der Waals surface area contributed by atoms with Crippen LogP contribution < -0.4 is 11.1 Å². The lowest BCUT2D eigenvalue weighted by Crippen LogP contribution is -2.14. The van der Waals surface area contributed by atoms with Crippen LogP contribution in [0.2, 0.25) is 0 Å². The molecule has 1 aromatic carbocycles. The summed E-state index contributed by atoms with van der Waals surface area (Å²) in [6.45, 7) is 1.86. The number of nitrogens with two attached hydrogens (primary N) is 1. The van der Waals surface area contributed by atoms with Crippen molar-refractivity contribution in [1.29, 1.82) is 0 Å². The molecule has 0 bridgehead atoms. The third-order valence-corrected chi connectivity index (χ3v) is 1.88. The van der Waals surface area contributed by atoms with Crippen molar-refractivity contribution in [3.05, 3.63) is 29.8 Å². The van der Waals surface area contributed by atoms with E-state index in [9.17, 15) is 9.59 Å². The van der Waals surface area contributed by atoms with Crippen molar-refractivity contribution in [2.75, 3.05) is 5.32 Å². The van der Waals surface area contributed by atoms with Crippen molar-refractivity contribution in [2.24, 2.45) is 5.73 Å². The van der Waals surface area contributed by atoms with E-state index in [-0.39, 0.29) is 18.1 Å². The summed E-state index contributed by atoms with van der Waals surface area (Å²) in [5, 5.41) is 2.62. The van der Waals surface area contributed by atoms with Gasteiger partial charge in [0.1, 0.15) is 5.78 Å². The van der Waals surface area contributed by atoms with E-state index in [2.05, 4.69) is 5.32 Å². The van der Waals surface area contributed by atoms with Gasteiger partial charge in [0, 0.05) is 12.2 Å². The van der Waals surface area contributed by atoms with Gasteiger partial charge in [0.2, 0.25) is 5.91 Å². The summed E-state index contributed by atoms with van der Waals surface area (Å²) in [4.78, 5) is 21.9. The van der Waals surface area contributed by atoms with E-state index < -0.39 is 0 Å². The largest absolute Gasteiger partial charge is 0.326 e. The number of amides is 1. The fourth-order valence-corrected chi connectivity index (χ4v) is 1.16. The monoisotopic (exact) mass is 206 g/mol. The van der Waals surface area contributed by atoms with Gasteiger partial charge in [-0.05, 0) is 24.6 Å². The maximum absolute atomic E-state index is 11.2. The number of ketones is 1. The van der Waals surface area contributed by atoms with Gasteiger partial charge in [0.15, 0.2) is 0 Å². The van der Waals surface area contributed by atoms with Crippen LogP contribution in [0.1, 0.15) is 18.9 Å². The predicted molar refractivity (Wildman–Crippen MR) is 58.3 cm³/mol. The molecular weight excluding hydrogens is 192 g/mol. The molecule has 0 spiro atoms. The van der Waals surface area contributed by atoms with E-state index in [1.54, 1.807) is 12.1 Å². The van der Waals surface area contributed by atoms with Crippen molar-refractivity contribution in [2.45, 2.75) is 19.9 Å². The molecule has 0 unspecified atom stereocenters. The lowest BCUT2D eigenvalue weighted by atomic mass is 10.2. The van der Waals surface area contributed by atoms with E-state index >= 15 is 0 Å². The zero-order valence-electron chi connectivity index (χ0n) is 8.62. The van der Waals surface area contributed by atoms with Gasteiger partial charge in [0.05, 0.1) is 6.42 Å². The van der Waals surface area contributed by atoms with Gasteiger partial charge in [-0.3, -0.25) is 9.59 Å². The molecule has 3 N–H and O–H groups in total. The Morgan fingerprint density at radius 1 is 1.27 bits per heavy atom. The van der Waals surface area contributed by atoms with E-state index in [0.29, 0.717) is 12.2 Å². The molecule has 0 aliphatic heterocycles. The molecule has 0 aliphatic carbocycles. The Morgan fingerprint density at radius 2 is 1.87 bits per heavy atom. The predicted octanol–water partition coefficient (Wildman–Crippen LogP) is 1.06. The molecular formula is C11H14N2O2. The second-order valence-corrected chi connectivity index (χ2v) is 3.33. The smallest absolute Gasteiger partial charge is 0.231 e. The van der Waals surface area contributed by atoms with Gasteiger partial charge in [-0.25, -0.2) is 0 Å². The highest BCUT2D eigenvalue weighted by Crippen LogP contribution is 2.09. The summed E-state index contributed by atoms with van der Waals surface area (Å²) in [7, 11) is 0. The highest BCUT2D eigenvalue weighted by Gasteiger charge is 2.04. The van der Waals surface area contributed by atoms with Gasteiger partial charge in [-0.15, -0.1) is 0 Å². The van der Waals surface area contributed by atoms with Gasteiger partial charge in [0.25, 0.3) is 0 Å². The first-order valence-electron chi connectivity index (χ1n) is 4.70. The van der Waals surface area contributed by atoms with Crippen LogP contribution in [0.4, 0.5) is 5.69 Å². The molecule has 0 aliphatic rings. The second-order valence-electron chi connectivity index (χ2n) is 3.33. The molecule has 0 fully saturated rings. The topological polar surface area (TPSA) is 72.2 Å². The second kappa shape index (κ2) is 5.26. The first-order chi connectivity index (χ1) is 7.11. The quantitative estimate of drug-likeness (QED) is 0.723. The number of carbonyl (C=O) groups excluding carboxylic acids is 2. The summed E-state index contributed by atoms with van der Waals surface area (Å²) in [5.74, 6) is -0.436. The maximum atomic E-state index is 11.2. The Bertz CT molecular complexity index is 357. The first-order valence-corrected chi connectivity index (χ1v) is 4.70. The Balaban J connectivity index is 2.57. The molecule has 4 nitrogen and oxygen atoms in total. The summed E-state index contributed by atoms with van der Waals surface area (Å²) < 4.78 is 0. The number of Topliss-reactive ketones (excluding diaryl/α,β-unsaturated/α-hetero) is 1. The molecule has 1 aromatic rings. The average molecular weight is 206 g/mol. The molecule has 4 heteroatoms. The molecule has 1 amide bonds. The van der Waals surface area contributed by atoms with Crippen LogP contribution in [0.25, 0.3) is 0 Å². The minimum Gasteiger partial charge on any atom is -0.326 e. The van der Waals surface area contributed by atoms with Crippen LogP contribution in [0.3, 0.4) is 0 Å². The van der Waals surface area contributed by atoms with Crippen LogP contribution in [0.5, 0.6) is 0 Å². The van der Waals surface area contributed by atoms with Crippen molar-refractivity contribution >= 4 is 17.4 Å². The number of rotatable bonds is 4. The Morgan fingerprint density at radius 3 is 2.33 bits per heavy atom. The summed E-state index contributed by atoms with van der Waals surface area (Å²) in [5.41, 5.74) is 7.11. The fourth-order valence-electron chi connectivity index (χ4n) is 1.16. The lowest BCUT2D eigenvalue weighted by molar-refractivity contribution is -0.124.